The molecule has 122 valence electrons. The van der Waals surface area contributed by atoms with Crippen LogP contribution in [0.1, 0.15) is 31.4 Å². The van der Waals surface area contributed by atoms with Crippen LogP contribution in [0.5, 0.6) is 0 Å². The first-order valence-electron chi connectivity index (χ1n) is 8.00. The van der Waals surface area contributed by atoms with E-state index in [1.54, 1.807) is 12.4 Å². The molecular weight excluding hydrogens is 288 g/mol. The number of carbonyl (C=O) groups excluding carboxylic acids is 1. The number of nitrogens with zero attached hydrogens (tertiary/aromatic N) is 2. The van der Waals surface area contributed by atoms with Gasteiger partial charge in [0, 0.05) is 25.0 Å². The van der Waals surface area contributed by atoms with Crippen LogP contribution in [0.15, 0.2) is 54.9 Å². The van der Waals surface area contributed by atoms with Crippen molar-refractivity contribution in [2.45, 2.75) is 39.5 Å². The Hall–Kier alpha value is -2.20. The molecule has 1 atom stereocenters. The smallest absolute Gasteiger partial charge is 0.249 e. The molecule has 1 amide bonds. The van der Waals surface area contributed by atoms with Gasteiger partial charge in [-0.3, -0.25) is 9.78 Å². The number of benzene rings is 1. The molecule has 0 bridgehead atoms. The van der Waals surface area contributed by atoms with Crippen LogP contribution < -0.4 is 0 Å². The first-order valence-corrected chi connectivity index (χ1v) is 8.00. The van der Waals surface area contributed by atoms with Gasteiger partial charge in [0.2, 0.25) is 5.91 Å². The summed E-state index contributed by atoms with van der Waals surface area (Å²) in [6.07, 6.45) is 4.44. The molecule has 2 rings (SSSR count). The van der Waals surface area contributed by atoms with Crippen LogP contribution in [0.2, 0.25) is 0 Å². The summed E-state index contributed by atoms with van der Waals surface area (Å²) >= 11 is 0. The van der Waals surface area contributed by atoms with Crippen LogP contribution in [0.4, 0.5) is 0 Å². The highest BCUT2D eigenvalue weighted by atomic mass is 16.5. The van der Waals surface area contributed by atoms with E-state index in [1.165, 1.54) is 0 Å². The first kappa shape index (κ1) is 17.2. The van der Waals surface area contributed by atoms with Gasteiger partial charge in [-0.15, -0.1) is 0 Å². The van der Waals surface area contributed by atoms with Gasteiger partial charge in [0.15, 0.2) is 0 Å². The third-order valence-electron chi connectivity index (χ3n) is 3.86. The SMILES string of the molecule is CC[C@H](C)N(Cc1cccnc1)C(=O)COCc1ccccc1. The van der Waals surface area contributed by atoms with Crippen LogP contribution >= 0.6 is 0 Å². The Morgan fingerprint density at radius 3 is 2.57 bits per heavy atom. The van der Waals surface area contributed by atoms with E-state index in [2.05, 4.69) is 18.8 Å². The summed E-state index contributed by atoms with van der Waals surface area (Å²) in [6.45, 7) is 5.26. The number of carbonyl (C=O) groups is 1. The van der Waals surface area contributed by atoms with Crippen molar-refractivity contribution in [3.8, 4) is 0 Å². The van der Waals surface area contributed by atoms with Crippen molar-refractivity contribution < 1.29 is 9.53 Å². The predicted molar refractivity (Wildman–Crippen MR) is 90.6 cm³/mol. The molecule has 1 heterocycles. The molecule has 0 fully saturated rings. The molecule has 0 aliphatic rings. The first-order chi connectivity index (χ1) is 11.2. The lowest BCUT2D eigenvalue weighted by Crippen LogP contribution is -2.40. The summed E-state index contributed by atoms with van der Waals surface area (Å²) in [4.78, 5) is 18.5. The molecule has 0 unspecified atom stereocenters. The second kappa shape index (κ2) is 9.06. The second-order valence-electron chi connectivity index (χ2n) is 5.62. The highest BCUT2D eigenvalue weighted by Crippen LogP contribution is 2.11. The molecule has 4 nitrogen and oxygen atoms in total. The highest BCUT2D eigenvalue weighted by molar-refractivity contribution is 5.77. The molecule has 4 heteroatoms. The predicted octanol–water partition coefficient (Wildman–Crippen LogP) is 3.43. The zero-order chi connectivity index (χ0) is 16.5. The minimum atomic E-state index is 0.0131. The van der Waals surface area contributed by atoms with Crippen molar-refractivity contribution in [1.82, 2.24) is 9.88 Å². The van der Waals surface area contributed by atoms with Crippen LogP contribution in [0.25, 0.3) is 0 Å². The fourth-order valence-electron chi connectivity index (χ4n) is 2.31. The van der Waals surface area contributed by atoms with Gasteiger partial charge in [0.1, 0.15) is 6.61 Å². The Kier molecular flexibility index (Phi) is 6.76. The van der Waals surface area contributed by atoms with Crippen LogP contribution in [0.3, 0.4) is 0 Å². The van der Waals surface area contributed by atoms with Crippen LogP contribution in [-0.4, -0.2) is 28.4 Å². The molecule has 0 aliphatic heterocycles. The summed E-state index contributed by atoms with van der Waals surface area (Å²) in [5.41, 5.74) is 2.10. The van der Waals surface area contributed by atoms with E-state index in [9.17, 15) is 4.79 Å². The molecule has 0 radical (unpaired) electrons. The van der Waals surface area contributed by atoms with E-state index >= 15 is 0 Å². The minimum Gasteiger partial charge on any atom is -0.367 e. The fraction of sp³-hybridized carbons (Fsp3) is 0.368. The summed E-state index contributed by atoms with van der Waals surface area (Å²) in [7, 11) is 0. The molecule has 0 aliphatic carbocycles. The molecule has 0 saturated heterocycles. The second-order valence-corrected chi connectivity index (χ2v) is 5.62. The number of aromatic nitrogens is 1. The van der Waals surface area contributed by atoms with Gasteiger partial charge in [-0.1, -0.05) is 43.3 Å². The lowest BCUT2D eigenvalue weighted by atomic mass is 10.2. The van der Waals surface area contributed by atoms with Crippen LogP contribution in [-0.2, 0) is 22.7 Å². The largest absolute Gasteiger partial charge is 0.367 e. The minimum absolute atomic E-state index is 0.0131. The van der Waals surface area contributed by atoms with E-state index in [0.29, 0.717) is 13.2 Å². The zero-order valence-corrected chi connectivity index (χ0v) is 13.8. The average molecular weight is 312 g/mol. The average Bonchev–Trinajstić information content (AvgIpc) is 2.60. The van der Waals surface area contributed by atoms with Gasteiger partial charge in [-0.05, 0) is 30.5 Å². The van der Waals surface area contributed by atoms with Crippen molar-refractivity contribution in [1.29, 1.82) is 0 Å². The summed E-state index contributed by atoms with van der Waals surface area (Å²) in [6, 6.07) is 13.9. The third kappa shape index (κ3) is 5.49. The van der Waals surface area contributed by atoms with E-state index in [-0.39, 0.29) is 18.6 Å². The molecule has 1 aromatic heterocycles. The van der Waals surface area contributed by atoms with E-state index in [1.807, 2.05) is 47.4 Å². The van der Waals surface area contributed by atoms with Crippen molar-refractivity contribution in [2.24, 2.45) is 0 Å². The van der Waals surface area contributed by atoms with Crippen molar-refractivity contribution >= 4 is 5.91 Å². The van der Waals surface area contributed by atoms with Crippen molar-refractivity contribution in [2.75, 3.05) is 6.61 Å². The monoisotopic (exact) mass is 312 g/mol. The van der Waals surface area contributed by atoms with Crippen LogP contribution in [0, 0.1) is 0 Å². The Balaban J connectivity index is 1.91. The lowest BCUT2D eigenvalue weighted by Gasteiger charge is -2.28. The molecule has 1 aromatic carbocycles. The number of rotatable bonds is 8. The Labute approximate surface area is 138 Å². The van der Waals surface area contributed by atoms with E-state index in [4.69, 9.17) is 4.74 Å². The van der Waals surface area contributed by atoms with Gasteiger partial charge < -0.3 is 9.64 Å². The highest BCUT2D eigenvalue weighted by Gasteiger charge is 2.19. The van der Waals surface area contributed by atoms with Gasteiger partial charge in [-0.25, -0.2) is 0 Å². The summed E-state index contributed by atoms with van der Waals surface area (Å²) in [5.74, 6) is 0.0131. The van der Waals surface area contributed by atoms with Gasteiger partial charge >= 0.3 is 0 Å². The van der Waals surface area contributed by atoms with Crippen molar-refractivity contribution in [3.63, 3.8) is 0 Å². The van der Waals surface area contributed by atoms with Gasteiger partial charge in [-0.2, -0.15) is 0 Å². The number of hydrogen-bond donors (Lipinski definition) is 0. The maximum Gasteiger partial charge on any atom is 0.249 e. The number of pyridine rings is 1. The van der Waals surface area contributed by atoms with E-state index in [0.717, 1.165) is 17.5 Å². The van der Waals surface area contributed by atoms with Gasteiger partial charge in [0.25, 0.3) is 0 Å². The lowest BCUT2D eigenvalue weighted by molar-refractivity contribution is -0.139. The van der Waals surface area contributed by atoms with E-state index < -0.39 is 0 Å². The Bertz CT molecular complexity index is 587. The molecule has 2 aromatic rings. The molecule has 0 saturated carbocycles. The third-order valence-corrected chi connectivity index (χ3v) is 3.86. The molecule has 23 heavy (non-hydrogen) atoms. The zero-order valence-electron chi connectivity index (χ0n) is 13.8. The standard InChI is InChI=1S/C19H24N2O2/c1-3-16(2)21(13-18-10-7-11-20-12-18)19(22)15-23-14-17-8-5-4-6-9-17/h4-12,16H,3,13-15H2,1-2H3/t16-/m0/s1. The Morgan fingerprint density at radius 1 is 1.17 bits per heavy atom. The maximum atomic E-state index is 12.5. The summed E-state index contributed by atoms with van der Waals surface area (Å²) < 4.78 is 5.59. The molecular formula is C19H24N2O2. The topological polar surface area (TPSA) is 42.4 Å². The normalized spacial score (nSPS) is 11.9. The maximum absolute atomic E-state index is 12.5. The van der Waals surface area contributed by atoms with Crippen molar-refractivity contribution in [3.05, 3.63) is 66.0 Å². The number of amides is 1. The quantitative estimate of drug-likeness (QED) is 0.750. The Morgan fingerprint density at radius 2 is 1.91 bits per heavy atom. The number of ether oxygens (including phenoxy) is 1. The summed E-state index contributed by atoms with van der Waals surface area (Å²) in [5, 5.41) is 0. The fourth-order valence-corrected chi connectivity index (χ4v) is 2.31. The number of hydrogen-bond acceptors (Lipinski definition) is 3. The van der Waals surface area contributed by atoms with Gasteiger partial charge in [0.05, 0.1) is 6.61 Å². The molecule has 0 N–H and O–H groups in total. The molecule has 0 spiro atoms.